The molecule has 1 aromatic carbocycles. The molecule has 2 atom stereocenters. The molecule has 0 aliphatic carbocycles. The fraction of sp³-hybridized carbons (Fsp3) is 0.588. The van der Waals surface area contributed by atoms with Crippen molar-refractivity contribution in [3.63, 3.8) is 0 Å². The summed E-state index contributed by atoms with van der Waals surface area (Å²) in [6.07, 6.45) is 1.34. The van der Waals surface area contributed by atoms with Crippen molar-refractivity contribution < 1.29 is 9.84 Å². The Labute approximate surface area is 143 Å². The molecule has 5 nitrogen and oxygen atoms in total. The smallest absolute Gasteiger partial charge is 0.194 e. The topological polar surface area (TPSA) is 57.1 Å². The van der Waals surface area contributed by atoms with Crippen LogP contribution in [0.3, 0.4) is 0 Å². The van der Waals surface area contributed by atoms with E-state index in [1.807, 2.05) is 31.2 Å². The van der Waals surface area contributed by atoms with Crippen LogP contribution in [0.5, 0.6) is 5.75 Å². The normalized spacial score (nSPS) is 19.7. The van der Waals surface area contributed by atoms with Gasteiger partial charge in [0.05, 0.1) is 17.7 Å². The number of hydrogen-bond acceptors (Lipinski definition) is 3. The Balaban J connectivity index is 1.99. The number of ether oxygens (including phenoxy) is 1. The maximum Gasteiger partial charge on any atom is 0.194 e. The molecule has 1 unspecified atom stereocenters. The lowest BCUT2D eigenvalue weighted by Crippen LogP contribution is -2.41. The number of rotatable bonds is 6. The molecule has 6 heteroatoms. The van der Waals surface area contributed by atoms with Crippen molar-refractivity contribution in [2.24, 2.45) is 4.99 Å². The number of nitrogens with one attached hydrogen (secondary N) is 1. The first-order valence-corrected chi connectivity index (χ1v) is 8.64. The lowest BCUT2D eigenvalue weighted by Gasteiger charge is -2.22. The Morgan fingerprint density at radius 3 is 2.87 bits per heavy atom. The zero-order chi connectivity index (χ0) is 16.7. The van der Waals surface area contributed by atoms with Crippen molar-refractivity contribution in [2.45, 2.75) is 38.9 Å². The molecule has 1 aromatic rings. The molecule has 23 heavy (non-hydrogen) atoms. The first-order valence-electron chi connectivity index (χ1n) is 8.26. The van der Waals surface area contributed by atoms with E-state index >= 15 is 0 Å². The Morgan fingerprint density at radius 2 is 2.26 bits per heavy atom. The lowest BCUT2D eigenvalue weighted by molar-refractivity contribution is 0.187. The third kappa shape index (κ3) is 5.29. The average Bonchev–Trinajstić information content (AvgIpc) is 2.98. The summed E-state index contributed by atoms with van der Waals surface area (Å²) in [5.41, 5.74) is 0. The van der Waals surface area contributed by atoms with Gasteiger partial charge in [0, 0.05) is 19.6 Å². The predicted molar refractivity (Wildman–Crippen MR) is 94.3 cm³/mol. The molecule has 0 spiro atoms. The number of likely N-dealkylation sites (tertiary alicyclic amines) is 1. The number of guanidine groups is 1. The predicted octanol–water partition coefficient (Wildman–Crippen LogP) is 2.53. The molecule has 0 saturated carbocycles. The number of nitrogens with zero attached hydrogens (tertiary/aromatic N) is 2. The second-order valence-electron chi connectivity index (χ2n) is 5.66. The van der Waals surface area contributed by atoms with E-state index in [2.05, 4.69) is 22.1 Å². The molecule has 128 valence electrons. The minimum absolute atomic E-state index is 0.0314. The van der Waals surface area contributed by atoms with E-state index in [1.54, 1.807) is 0 Å². The van der Waals surface area contributed by atoms with Crippen LogP contribution in [-0.2, 0) is 0 Å². The molecular weight excluding hydrogens is 314 g/mol. The average molecular weight is 340 g/mol. The largest absolute Gasteiger partial charge is 0.487 e. The van der Waals surface area contributed by atoms with Crippen molar-refractivity contribution in [3.8, 4) is 5.75 Å². The van der Waals surface area contributed by atoms with Gasteiger partial charge in [0.2, 0.25) is 0 Å². The van der Waals surface area contributed by atoms with Crippen molar-refractivity contribution >= 4 is 17.6 Å². The minimum atomic E-state index is -0.264. The number of aliphatic hydroxyl groups is 1. The summed E-state index contributed by atoms with van der Waals surface area (Å²) in [5.74, 6) is 1.53. The first kappa shape index (κ1) is 17.9. The summed E-state index contributed by atoms with van der Waals surface area (Å²) >= 11 is 6.15. The SMILES string of the molecule is CCNC(=NCC(CC)Oc1ccccc1Cl)N1CC[C@@H](O)C1. The minimum Gasteiger partial charge on any atom is -0.487 e. The highest BCUT2D eigenvalue weighted by atomic mass is 35.5. The Hall–Kier alpha value is -1.46. The Kier molecular flexibility index (Phi) is 6.99. The number of aliphatic imine (C=N–C) groups is 1. The van der Waals surface area contributed by atoms with Gasteiger partial charge in [0.1, 0.15) is 11.9 Å². The van der Waals surface area contributed by atoms with E-state index in [1.165, 1.54) is 0 Å². The first-order chi connectivity index (χ1) is 11.1. The molecule has 0 aromatic heterocycles. The van der Waals surface area contributed by atoms with Gasteiger partial charge in [-0.15, -0.1) is 0 Å². The van der Waals surface area contributed by atoms with E-state index in [-0.39, 0.29) is 12.2 Å². The number of halogens is 1. The van der Waals surface area contributed by atoms with Gasteiger partial charge in [-0.25, -0.2) is 4.99 Å². The van der Waals surface area contributed by atoms with Crippen LogP contribution in [0.4, 0.5) is 0 Å². The zero-order valence-corrected chi connectivity index (χ0v) is 14.6. The molecule has 1 aliphatic rings. The van der Waals surface area contributed by atoms with Crippen LogP contribution < -0.4 is 10.1 Å². The lowest BCUT2D eigenvalue weighted by atomic mass is 10.2. The zero-order valence-electron chi connectivity index (χ0n) is 13.8. The Bertz CT molecular complexity index is 524. The monoisotopic (exact) mass is 339 g/mol. The molecule has 2 rings (SSSR count). The van der Waals surface area contributed by atoms with Gasteiger partial charge >= 0.3 is 0 Å². The highest BCUT2D eigenvalue weighted by Gasteiger charge is 2.23. The van der Waals surface area contributed by atoms with Crippen molar-refractivity contribution in [2.75, 3.05) is 26.2 Å². The van der Waals surface area contributed by atoms with Gasteiger partial charge in [0.25, 0.3) is 0 Å². The molecule has 0 bridgehead atoms. The summed E-state index contributed by atoms with van der Waals surface area (Å²) in [5, 5.41) is 13.6. The molecular formula is C17H26ClN3O2. The standard InChI is InChI=1S/C17H26ClN3O2/c1-3-14(23-16-8-6-5-7-15(16)18)11-20-17(19-4-2)21-10-9-13(22)12-21/h5-8,13-14,22H,3-4,9-12H2,1-2H3,(H,19,20)/t13-,14?/m1/s1. The van der Waals surface area contributed by atoms with Gasteiger partial charge in [-0.3, -0.25) is 0 Å². The summed E-state index contributed by atoms with van der Waals surface area (Å²) in [6, 6.07) is 7.49. The molecule has 2 N–H and O–H groups in total. The van der Waals surface area contributed by atoms with Crippen LogP contribution in [0.1, 0.15) is 26.7 Å². The van der Waals surface area contributed by atoms with E-state index in [4.69, 9.17) is 16.3 Å². The van der Waals surface area contributed by atoms with E-state index in [0.717, 1.165) is 31.9 Å². The van der Waals surface area contributed by atoms with Crippen LogP contribution in [0, 0.1) is 0 Å². The molecule has 1 saturated heterocycles. The van der Waals surface area contributed by atoms with Gasteiger partial charge in [-0.2, -0.15) is 0 Å². The summed E-state index contributed by atoms with van der Waals surface area (Å²) in [4.78, 5) is 6.77. The number of hydrogen-bond donors (Lipinski definition) is 2. The second kappa shape index (κ2) is 8.99. The van der Waals surface area contributed by atoms with E-state index in [0.29, 0.717) is 23.9 Å². The highest BCUT2D eigenvalue weighted by molar-refractivity contribution is 6.32. The van der Waals surface area contributed by atoms with Gasteiger partial charge in [-0.1, -0.05) is 30.7 Å². The third-order valence-corrected chi connectivity index (χ3v) is 4.14. The summed E-state index contributed by atoms with van der Waals surface area (Å²) < 4.78 is 5.97. The summed E-state index contributed by atoms with van der Waals surface area (Å²) in [7, 11) is 0. The van der Waals surface area contributed by atoms with E-state index in [9.17, 15) is 5.11 Å². The second-order valence-corrected chi connectivity index (χ2v) is 6.07. The number of aliphatic hydroxyl groups excluding tert-OH is 1. The fourth-order valence-electron chi connectivity index (χ4n) is 2.52. The van der Waals surface area contributed by atoms with Crippen molar-refractivity contribution in [3.05, 3.63) is 29.3 Å². The van der Waals surface area contributed by atoms with Crippen LogP contribution in [0.2, 0.25) is 5.02 Å². The fourth-order valence-corrected chi connectivity index (χ4v) is 2.70. The van der Waals surface area contributed by atoms with Crippen molar-refractivity contribution in [1.82, 2.24) is 10.2 Å². The third-order valence-electron chi connectivity index (χ3n) is 3.83. The molecule has 1 heterocycles. The Morgan fingerprint density at radius 1 is 1.48 bits per heavy atom. The van der Waals surface area contributed by atoms with Crippen LogP contribution in [0.25, 0.3) is 0 Å². The summed E-state index contributed by atoms with van der Waals surface area (Å²) in [6.45, 7) is 6.93. The van der Waals surface area contributed by atoms with Crippen LogP contribution in [0.15, 0.2) is 29.3 Å². The molecule has 1 aliphatic heterocycles. The molecule has 0 radical (unpaired) electrons. The van der Waals surface area contributed by atoms with Crippen molar-refractivity contribution in [1.29, 1.82) is 0 Å². The number of benzene rings is 1. The number of para-hydroxylation sites is 1. The van der Waals surface area contributed by atoms with Gasteiger partial charge in [0.15, 0.2) is 5.96 Å². The van der Waals surface area contributed by atoms with Crippen LogP contribution in [-0.4, -0.2) is 54.4 Å². The molecule has 1 fully saturated rings. The highest BCUT2D eigenvalue weighted by Crippen LogP contribution is 2.24. The maximum absolute atomic E-state index is 9.70. The van der Waals surface area contributed by atoms with Gasteiger partial charge < -0.3 is 20.1 Å². The molecule has 0 amide bonds. The number of β-amino-alcohol motifs (C(OH)–C–C–N with tert-alkyl or cyclic N) is 1. The maximum atomic E-state index is 9.70. The van der Waals surface area contributed by atoms with Gasteiger partial charge in [-0.05, 0) is 31.9 Å². The quantitative estimate of drug-likeness (QED) is 0.617. The van der Waals surface area contributed by atoms with E-state index < -0.39 is 0 Å². The van der Waals surface area contributed by atoms with Crippen LogP contribution >= 0.6 is 11.6 Å².